The topological polar surface area (TPSA) is 59.1 Å². The van der Waals surface area contributed by atoms with E-state index in [4.69, 9.17) is 15.9 Å². The quantitative estimate of drug-likeness (QED) is 0.341. The zero-order valence-electron chi connectivity index (χ0n) is 9.35. The summed E-state index contributed by atoms with van der Waals surface area (Å²) >= 11 is 0. The molecule has 0 aromatic heterocycles. The van der Waals surface area contributed by atoms with Crippen LogP contribution < -0.4 is 5.73 Å². The van der Waals surface area contributed by atoms with Gasteiger partial charge in [-0.25, -0.2) is 0 Å². The molecule has 0 bridgehead atoms. The standard InChI is InChI=1S/C11H24N2O/c1-2-3-4-5-6-7-8-9-10-14-11(12)13/h2-10H2,1H3,(H3,12,13). The zero-order valence-corrected chi connectivity index (χ0v) is 9.35. The highest BCUT2D eigenvalue weighted by molar-refractivity contribution is 5.67. The van der Waals surface area contributed by atoms with Gasteiger partial charge in [0.05, 0.1) is 6.61 Å². The van der Waals surface area contributed by atoms with Crippen molar-refractivity contribution >= 4 is 6.02 Å². The molecular weight excluding hydrogens is 176 g/mol. The van der Waals surface area contributed by atoms with E-state index in [0.717, 1.165) is 6.42 Å². The Balaban J connectivity index is 2.88. The molecule has 0 aliphatic carbocycles. The Bertz CT molecular complexity index is 137. The molecule has 0 amide bonds. The molecule has 0 radical (unpaired) electrons. The van der Waals surface area contributed by atoms with Crippen LogP contribution in [0, 0.1) is 5.41 Å². The summed E-state index contributed by atoms with van der Waals surface area (Å²) in [7, 11) is 0. The Hall–Kier alpha value is -0.730. The maximum absolute atomic E-state index is 6.84. The Morgan fingerprint density at radius 1 is 1.00 bits per heavy atom. The second kappa shape index (κ2) is 10.4. The van der Waals surface area contributed by atoms with Crippen LogP contribution >= 0.6 is 0 Å². The second-order valence-corrected chi connectivity index (χ2v) is 3.69. The molecule has 0 saturated carbocycles. The third-order valence-corrected chi connectivity index (χ3v) is 2.26. The minimum absolute atomic E-state index is 0.159. The van der Waals surface area contributed by atoms with Crippen LogP contribution in [0.3, 0.4) is 0 Å². The van der Waals surface area contributed by atoms with Crippen LogP contribution in [0.15, 0.2) is 0 Å². The Morgan fingerprint density at radius 2 is 1.50 bits per heavy atom. The number of hydrogen-bond donors (Lipinski definition) is 2. The van der Waals surface area contributed by atoms with Crippen molar-refractivity contribution in [1.29, 1.82) is 5.41 Å². The molecular formula is C11H24N2O. The highest BCUT2D eigenvalue weighted by Crippen LogP contribution is 2.08. The Kier molecular flexibility index (Phi) is 9.81. The van der Waals surface area contributed by atoms with E-state index < -0.39 is 0 Å². The van der Waals surface area contributed by atoms with Crippen molar-refractivity contribution in [1.82, 2.24) is 0 Å². The van der Waals surface area contributed by atoms with Gasteiger partial charge in [0.1, 0.15) is 0 Å². The Morgan fingerprint density at radius 3 is 2.00 bits per heavy atom. The lowest BCUT2D eigenvalue weighted by Crippen LogP contribution is -2.14. The summed E-state index contributed by atoms with van der Waals surface area (Å²) in [4.78, 5) is 0. The average molecular weight is 200 g/mol. The molecule has 0 aliphatic rings. The van der Waals surface area contributed by atoms with Gasteiger partial charge in [-0.1, -0.05) is 51.9 Å². The molecule has 3 N–H and O–H groups in total. The van der Waals surface area contributed by atoms with Crippen molar-refractivity contribution < 1.29 is 4.74 Å². The third kappa shape index (κ3) is 11.3. The fourth-order valence-corrected chi connectivity index (χ4v) is 1.42. The maximum atomic E-state index is 6.84. The monoisotopic (exact) mass is 200 g/mol. The van der Waals surface area contributed by atoms with Gasteiger partial charge in [-0.3, -0.25) is 5.41 Å². The number of unbranched alkanes of at least 4 members (excludes halogenated alkanes) is 7. The van der Waals surface area contributed by atoms with Gasteiger partial charge in [0.2, 0.25) is 0 Å². The molecule has 14 heavy (non-hydrogen) atoms. The molecule has 0 rings (SSSR count). The van der Waals surface area contributed by atoms with Gasteiger partial charge in [-0.15, -0.1) is 0 Å². The molecule has 0 spiro atoms. The van der Waals surface area contributed by atoms with Gasteiger partial charge in [0, 0.05) is 0 Å². The van der Waals surface area contributed by atoms with E-state index in [-0.39, 0.29) is 6.02 Å². The van der Waals surface area contributed by atoms with E-state index >= 15 is 0 Å². The summed E-state index contributed by atoms with van der Waals surface area (Å²) < 4.78 is 4.85. The van der Waals surface area contributed by atoms with Crippen LogP contribution in [0.4, 0.5) is 0 Å². The lowest BCUT2D eigenvalue weighted by atomic mass is 10.1. The van der Waals surface area contributed by atoms with Crippen molar-refractivity contribution in [2.24, 2.45) is 5.73 Å². The Labute approximate surface area is 87.5 Å². The predicted octanol–water partition coefficient (Wildman–Crippen LogP) is 3.04. The molecule has 0 unspecified atom stereocenters. The first kappa shape index (κ1) is 13.3. The SMILES string of the molecule is CCCCCCCCCCOC(=N)N. The maximum Gasteiger partial charge on any atom is 0.278 e. The minimum Gasteiger partial charge on any atom is -0.466 e. The molecule has 0 saturated heterocycles. The van der Waals surface area contributed by atoms with Gasteiger partial charge in [0.15, 0.2) is 0 Å². The number of hydrogen-bond acceptors (Lipinski definition) is 2. The summed E-state index contributed by atoms with van der Waals surface area (Å²) in [5, 5.41) is 6.84. The van der Waals surface area contributed by atoms with Crippen molar-refractivity contribution in [2.45, 2.75) is 58.3 Å². The minimum atomic E-state index is -0.159. The van der Waals surface area contributed by atoms with Crippen molar-refractivity contribution in [2.75, 3.05) is 6.61 Å². The lowest BCUT2D eigenvalue weighted by Gasteiger charge is -2.03. The van der Waals surface area contributed by atoms with Crippen LogP contribution in [-0.2, 0) is 4.74 Å². The highest BCUT2D eigenvalue weighted by Gasteiger charge is 1.92. The number of nitrogens with one attached hydrogen (secondary N) is 1. The fraction of sp³-hybridized carbons (Fsp3) is 0.909. The first-order chi connectivity index (χ1) is 6.77. The van der Waals surface area contributed by atoms with Crippen molar-refractivity contribution in [3.63, 3.8) is 0 Å². The van der Waals surface area contributed by atoms with Crippen LogP contribution in [-0.4, -0.2) is 12.6 Å². The van der Waals surface area contributed by atoms with Gasteiger partial charge < -0.3 is 10.5 Å². The second-order valence-electron chi connectivity index (χ2n) is 3.69. The van der Waals surface area contributed by atoms with Gasteiger partial charge in [0.25, 0.3) is 6.02 Å². The van der Waals surface area contributed by atoms with E-state index in [9.17, 15) is 0 Å². The van der Waals surface area contributed by atoms with Gasteiger partial charge in [-0.2, -0.15) is 0 Å². The van der Waals surface area contributed by atoms with Crippen molar-refractivity contribution in [3.8, 4) is 0 Å². The molecule has 0 aromatic rings. The molecule has 84 valence electrons. The van der Waals surface area contributed by atoms with Gasteiger partial charge in [-0.05, 0) is 6.42 Å². The number of rotatable bonds is 9. The predicted molar refractivity (Wildman–Crippen MR) is 60.5 cm³/mol. The molecule has 0 heterocycles. The molecule has 0 atom stereocenters. The first-order valence-corrected chi connectivity index (χ1v) is 5.74. The molecule has 3 nitrogen and oxygen atoms in total. The summed E-state index contributed by atoms with van der Waals surface area (Å²) in [6.45, 7) is 2.84. The highest BCUT2D eigenvalue weighted by atomic mass is 16.5. The number of nitrogens with two attached hydrogens (primary N) is 1. The zero-order chi connectivity index (χ0) is 10.6. The molecule has 0 aromatic carbocycles. The van der Waals surface area contributed by atoms with E-state index in [0.29, 0.717) is 6.61 Å². The van der Waals surface area contributed by atoms with E-state index in [1.165, 1.54) is 44.9 Å². The summed E-state index contributed by atoms with van der Waals surface area (Å²) in [6, 6.07) is -0.159. The van der Waals surface area contributed by atoms with E-state index in [1.54, 1.807) is 0 Å². The summed E-state index contributed by atoms with van der Waals surface area (Å²) in [6.07, 6.45) is 10.2. The first-order valence-electron chi connectivity index (χ1n) is 5.74. The lowest BCUT2D eigenvalue weighted by molar-refractivity contribution is 0.285. The van der Waals surface area contributed by atoms with E-state index in [2.05, 4.69) is 6.92 Å². The third-order valence-electron chi connectivity index (χ3n) is 2.26. The smallest absolute Gasteiger partial charge is 0.278 e. The average Bonchev–Trinajstić information content (AvgIpc) is 2.15. The fourth-order valence-electron chi connectivity index (χ4n) is 1.42. The number of ether oxygens (including phenoxy) is 1. The normalized spacial score (nSPS) is 10.1. The number of amidine groups is 1. The van der Waals surface area contributed by atoms with Crippen LogP contribution in [0.2, 0.25) is 0 Å². The van der Waals surface area contributed by atoms with Crippen LogP contribution in [0.1, 0.15) is 58.3 Å². The van der Waals surface area contributed by atoms with Crippen LogP contribution in [0.25, 0.3) is 0 Å². The summed E-state index contributed by atoms with van der Waals surface area (Å²) in [5.41, 5.74) is 5.05. The van der Waals surface area contributed by atoms with Gasteiger partial charge >= 0.3 is 0 Å². The van der Waals surface area contributed by atoms with Crippen molar-refractivity contribution in [3.05, 3.63) is 0 Å². The summed E-state index contributed by atoms with van der Waals surface area (Å²) in [5.74, 6) is 0. The largest absolute Gasteiger partial charge is 0.466 e. The van der Waals surface area contributed by atoms with E-state index in [1.807, 2.05) is 0 Å². The molecule has 0 aliphatic heterocycles. The molecule has 0 fully saturated rings. The molecule has 3 heteroatoms. The van der Waals surface area contributed by atoms with Crippen LogP contribution in [0.5, 0.6) is 0 Å².